The summed E-state index contributed by atoms with van der Waals surface area (Å²) in [7, 11) is -3.74. The van der Waals surface area contributed by atoms with E-state index in [1.807, 2.05) is 24.3 Å². The monoisotopic (exact) mass is 403 g/mol. The van der Waals surface area contributed by atoms with Crippen LogP contribution in [0.4, 0.5) is 0 Å². The number of nitrogens with one attached hydrogen (secondary N) is 2. The van der Waals surface area contributed by atoms with E-state index in [1.165, 1.54) is 12.1 Å². The molecular formula is C20H25N3O4S. The molecule has 0 unspecified atom stereocenters. The van der Waals surface area contributed by atoms with Crippen LogP contribution in [0.25, 0.3) is 0 Å². The summed E-state index contributed by atoms with van der Waals surface area (Å²) >= 11 is 0. The van der Waals surface area contributed by atoms with E-state index in [4.69, 9.17) is 4.74 Å². The number of carbonyl (C=O) groups is 1. The van der Waals surface area contributed by atoms with Gasteiger partial charge < -0.3 is 4.74 Å². The second-order valence-electron chi connectivity index (χ2n) is 6.60. The first kappa shape index (κ1) is 21.6. The van der Waals surface area contributed by atoms with Crippen molar-refractivity contribution in [2.24, 2.45) is 11.0 Å². The van der Waals surface area contributed by atoms with Crippen LogP contribution in [0, 0.1) is 5.92 Å². The van der Waals surface area contributed by atoms with Gasteiger partial charge in [0.25, 0.3) is 5.91 Å². The smallest absolute Gasteiger partial charge is 0.255 e. The van der Waals surface area contributed by atoms with Crippen molar-refractivity contribution in [2.75, 3.05) is 13.2 Å². The molecule has 0 heterocycles. The molecule has 2 aromatic carbocycles. The van der Waals surface area contributed by atoms with Crippen molar-refractivity contribution in [3.05, 3.63) is 60.2 Å². The topological polar surface area (TPSA) is 96.9 Å². The fraction of sp³-hybridized carbons (Fsp3) is 0.300. The Bertz CT molecular complexity index is 908. The summed E-state index contributed by atoms with van der Waals surface area (Å²) in [6, 6.07) is 15.2. The Morgan fingerprint density at radius 1 is 1.07 bits per heavy atom. The third-order valence-corrected chi connectivity index (χ3v) is 5.10. The van der Waals surface area contributed by atoms with Crippen molar-refractivity contribution < 1.29 is 17.9 Å². The molecule has 0 fully saturated rings. The van der Waals surface area contributed by atoms with Gasteiger partial charge in [0.2, 0.25) is 10.0 Å². The minimum Gasteiger partial charge on any atom is -0.493 e. The third kappa shape index (κ3) is 6.79. The first-order valence-corrected chi connectivity index (χ1v) is 10.4. The lowest BCUT2D eigenvalue weighted by Gasteiger charge is -2.09. The Kier molecular flexibility index (Phi) is 7.71. The van der Waals surface area contributed by atoms with Crippen molar-refractivity contribution in [3.63, 3.8) is 0 Å². The van der Waals surface area contributed by atoms with Gasteiger partial charge in [-0.15, -0.1) is 0 Å². The number of sulfonamides is 1. The van der Waals surface area contributed by atoms with Gasteiger partial charge in [0.1, 0.15) is 5.75 Å². The Hall–Kier alpha value is -2.71. The molecule has 0 aromatic heterocycles. The largest absolute Gasteiger partial charge is 0.493 e. The van der Waals surface area contributed by atoms with Gasteiger partial charge in [0.15, 0.2) is 0 Å². The van der Waals surface area contributed by atoms with Gasteiger partial charge in [-0.2, -0.15) is 5.10 Å². The van der Waals surface area contributed by atoms with Crippen LogP contribution in [-0.2, 0) is 14.8 Å². The average molecular weight is 404 g/mol. The number of hydrogen-bond acceptors (Lipinski definition) is 5. The lowest BCUT2D eigenvalue weighted by atomic mass is 10.1. The maximum absolute atomic E-state index is 12.1. The molecule has 0 aliphatic heterocycles. The molecule has 7 nitrogen and oxygen atoms in total. The first-order chi connectivity index (χ1) is 13.3. The zero-order valence-corrected chi connectivity index (χ0v) is 17.0. The molecule has 28 heavy (non-hydrogen) atoms. The minimum atomic E-state index is -3.74. The summed E-state index contributed by atoms with van der Waals surface area (Å²) in [4.78, 5) is 12.0. The molecule has 0 atom stereocenters. The highest BCUT2D eigenvalue weighted by molar-refractivity contribution is 7.89. The predicted molar refractivity (Wildman–Crippen MR) is 109 cm³/mol. The minimum absolute atomic E-state index is 0.0993. The Labute approximate surface area is 165 Å². The second-order valence-corrected chi connectivity index (χ2v) is 8.37. The zero-order chi connectivity index (χ0) is 20.6. The maximum Gasteiger partial charge on any atom is 0.255 e. The zero-order valence-electron chi connectivity index (χ0n) is 16.2. The van der Waals surface area contributed by atoms with Crippen LogP contribution in [0.1, 0.15) is 26.3 Å². The number of amides is 1. The van der Waals surface area contributed by atoms with E-state index in [2.05, 4.69) is 29.1 Å². The van der Waals surface area contributed by atoms with E-state index >= 15 is 0 Å². The van der Waals surface area contributed by atoms with Gasteiger partial charge in [-0.25, -0.2) is 18.6 Å². The maximum atomic E-state index is 12.1. The molecule has 0 aliphatic rings. The molecular weight excluding hydrogens is 378 g/mol. The predicted octanol–water partition coefficient (Wildman–Crippen LogP) is 2.54. The van der Waals surface area contributed by atoms with E-state index in [-0.39, 0.29) is 4.90 Å². The number of ether oxygens (including phenoxy) is 1. The van der Waals surface area contributed by atoms with Crippen molar-refractivity contribution in [3.8, 4) is 5.75 Å². The number of benzene rings is 2. The highest BCUT2D eigenvalue weighted by Gasteiger charge is 2.14. The molecule has 1 amide bonds. The number of hydrogen-bond donors (Lipinski definition) is 2. The van der Waals surface area contributed by atoms with Gasteiger partial charge in [0.05, 0.1) is 23.8 Å². The second kappa shape index (κ2) is 10.0. The molecule has 0 saturated heterocycles. The highest BCUT2D eigenvalue weighted by atomic mass is 32.2. The SMILES string of the molecule is C/C(=N/NC(=O)CNS(=O)(=O)c1ccccc1)c1ccc(OCC(C)C)cc1. The van der Waals surface area contributed by atoms with E-state index < -0.39 is 22.5 Å². The van der Waals surface area contributed by atoms with E-state index in [9.17, 15) is 13.2 Å². The molecule has 0 radical (unpaired) electrons. The third-order valence-electron chi connectivity index (χ3n) is 3.68. The van der Waals surface area contributed by atoms with Gasteiger partial charge in [-0.05, 0) is 54.8 Å². The Balaban J connectivity index is 1.87. The van der Waals surface area contributed by atoms with Crippen LogP contribution in [0.5, 0.6) is 5.75 Å². The van der Waals surface area contributed by atoms with Gasteiger partial charge in [0, 0.05) is 0 Å². The normalized spacial score (nSPS) is 12.1. The van der Waals surface area contributed by atoms with Crippen molar-refractivity contribution in [2.45, 2.75) is 25.7 Å². The average Bonchev–Trinajstić information content (AvgIpc) is 2.70. The molecule has 0 saturated carbocycles. The van der Waals surface area contributed by atoms with Crippen LogP contribution < -0.4 is 14.9 Å². The standard InChI is InChI=1S/C20H25N3O4S/c1-15(2)14-27-18-11-9-17(10-12-18)16(3)22-23-20(24)13-21-28(25,26)19-7-5-4-6-8-19/h4-12,15,21H,13-14H2,1-3H3,(H,23,24)/b22-16-. The van der Waals surface area contributed by atoms with Crippen molar-refractivity contribution in [1.29, 1.82) is 0 Å². The molecule has 0 spiro atoms. The summed E-state index contributed by atoms with van der Waals surface area (Å²) in [5.41, 5.74) is 3.76. The summed E-state index contributed by atoms with van der Waals surface area (Å²) in [5, 5.41) is 4.01. The molecule has 2 rings (SSSR count). The summed E-state index contributed by atoms with van der Waals surface area (Å²) in [5.74, 6) is 0.651. The fourth-order valence-electron chi connectivity index (χ4n) is 2.15. The lowest BCUT2D eigenvalue weighted by molar-refractivity contribution is -0.119. The summed E-state index contributed by atoms with van der Waals surface area (Å²) in [6.07, 6.45) is 0. The molecule has 0 bridgehead atoms. The lowest BCUT2D eigenvalue weighted by Crippen LogP contribution is -2.35. The van der Waals surface area contributed by atoms with E-state index in [0.717, 1.165) is 11.3 Å². The quantitative estimate of drug-likeness (QED) is 0.497. The summed E-state index contributed by atoms with van der Waals surface area (Å²) < 4.78 is 32.0. The van der Waals surface area contributed by atoms with Crippen LogP contribution >= 0.6 is 0 Å². The fourth-order valence-corrected chi connectivity index (χ4v) is 3.15. The van der Waals surface area contributed by atoms with Crippen LogP contribution in [0.15, 0.2) is 64.6 Å². The van der Waals surface area contributed by atoms with Crippen LogP contribution in [0.3, 0.4) is 0 Å². The Morgan fingerprint density at radius 3 is 2.32 bits per heavy atom. The summed E-state index contributed by atoms with van der Waals surface area (Å²) in [6.45, 7) is 6.14. The molecule has 150 valence electrons. The van der Waals surface area contributed by atoms with Crippen LogP contribution in [-0.4, -0.2) is 33.2 Å². The molecule has 8 heteroatoms. The van der Waals surface area contributed by atoms with Gasteiger partial charge in [-0.1, -0.05) is 32.0 Å². The molecule has 0 aliphatic carbocycles. The van der Waals surface area contributed by atoms with Crippen LogP contribution in [0.2, 0.25) is 0 Å². The van der Waals surface area contributed by atoms with Crippen molar-refractivity contribution in [1.82, 2.24) is 10.1 Å². The highest BCUT2D eigenvalue weighted by Crippen LogP contribution is 2.14. The van der Waals surface area contributed by atoms with Gasteiger partial charge >= 0.3 is 0 Å². The number of hydrazone groups is 1. The number of carbonyl (C=O) groups excluding carboxylic acids is 1. The number of rotatable bonds is 9. The number of nitrogens with zero attached hydrogens (tertiary/aromatic N) is 1. The van der Waals surface area contributed by atoms with E-state index in [1.54, 1.807) is 25.1 Å². The molecule has 2 N–H and O–H groups in total. The Morgan fingerprint density at radius 2 is 1.71 bits per heavy atom. The van der Waals surface area contributed by atoms with E-state index in [0.29, 0.717) is 18.2 Å². The van der Waals surface area contributed by atoms with Gasteiger partial charge in [-0.3, -0.25) is 4.79 Å². The first-order valence-electron chi connectivity index (χ1n) is 8.89. The van der Waals surface area contributed by atoms with Crippen molar-refractivity contribution >= 4 is 21.6 Å². The molecule has 2 aromatic rings.